The first-order chi connectivity index (χ1) is 6.86. The van der Waals surface area contributed by atoms with Gasteiger partial charge in [0.05, 0.1) is 0 Å². The maximum atomic E-state index is 2.37. The number of benzene rings is 1. The Labute approximate surface area is 86.5 Å². The molecule has 2 saturated carbocycles. The van der Waals surface area contributed by atoms with E-state index in [-0.39, 0.29) is 0 Å². The highest BCUT2D eigenvalue weighted by atomic mass is 32.2. The van der Waals surface area contributed by atoms with Crippen LogP contribution in [-0.2, 0) is 10.1 Å². The van der Waals surface area contributed by atoms with Crippen molar-refractivity contribution >= 4 is 19.8 Å². The fraction of sp³-hybridized carbons (Fsp3) is 0.385. The molecule has 0 saturated heterocycles. The van der Waals surface area contributed by atoms with E-state index >= 15 is 0 Å². The molecule has 1 aromatic carbocycles. The topological polar surface area (TPSA) is 0 Å². The van der Waals surface area contributed by atoms with Gasteiger partial charge >= 0.3 is 0 Å². The van der Waals surface area contributed by atoms with Gasteiger partial charge in [0.25, 0.3) is 0 Å². The molecule has 1 aliphatic heterocycles. The zero-order valence-electron chi connectivity index (χ0n) is 8.29. The van der Waals surface area contributed by atoms with Crippen molar-refractivity contribution in [2.45, 2.75) is 30.6 Å². The SMILES string of the molecule is CC1CC1c1ccccc1[S-]1=C2CC=12. The Hall–Kier alpha value is -0.690. The summed E-state index contributed by atoms with van der Waals surface area (Å²) in [5.74, 6) is 1.82. The Bertz CT molecular complexity index is 514. The fourth-order valence-corrected chi connectivity index (χ4v) is 4.46. The van der Waals surface area contributed by atoms with Crippen LogP contribution in [-0.4, -0.2) is 9.73 Å². The Morgan fingerprint density at radius 2 is 1.93 bits per heavy atom. The number of fused-ring (bicyclic) bond motifs is 1. The van der Waals surface area contributed by atoms with E-state index in [1.54, 1.807) is 20.2 Å². The first-order valence-electron chi connectivity index (χ1n) is 5.41. The van der Waals surface area contributed by atoms with Crippen molar-refractivity contribution in [1.82, 2.24) is 0 Å². The summed E-state index contributed by atoms with van der Waals surface area (Å²) in [6.45, 7) is 2.37. The molecular weight excluding hydrogens is 188 g/mol. The highest BCUT2D eigenvalue weighted by Crippen LogP contribution is 2.49. The Balaban J connectivity index is 1.85. The molecule has 1 heterocycles. The molecule has 0 spiro atoms. The predicted octanol–water partition coefficient (Wildman–Crippen LogP) is 2.55. The van der Waals surface area contributed by atoms with E-state index in [1.165, 1.54) is 12.8 Å². The first-order valence-corrected chi connectivity index (χ1v) is 6.64. The highest BCUT2D eigenvalue weighted by molar-refractivity contribution is 8.13. The first kappa shape index (κ1) is 7.58. The van der Waals surface area contributed by atoms with Crippen LogP contribution >= 0.6 is 0 Å². The van der Waals surface area contributed by atoms with Crippen LogP contribution < -0.4 is 0 Å². The van der Waals surface area contributed by atoms with Crippen molar-refractivity contribution in [2.75, 3.05) is 0 Å². The molecule has 2 aliphatic carbocycles. The summed E-state index contributed by atoms with van der Waals surface area (Å²) in [7, 11) is 0.550. The molecule has 1 aromatic rings. The Kier molecular flexibility index (Phi) is 1.23. The van der Waals surface area contributed by atoms with Gasteiger partial charge in [0.1, 0.15) is 0 Å². The van der Waals surface area contributed by atoms with Gasteiger partial charge in [-0.3, -0.25) is 0 Å². The average Bonchev–Trinajstić information content (AvgIpc) is 2.99. The third-order valence-corrected chi connectivity index (χ3v) is 5.98. The van der Waals surface area contributed by atoms with Gasteiger partial charge in [0.15, 0.2) is 0 Å². The summed E-state index contributed by atoms with van der Waals surface area (Å²) in [5, 5.41) is 0. The molecule has 2 unspecified atom stereocenters. The van der Waals surface area contributed by atoms with E-state index in [4.69, 9.17) is 0 Å². The summed E-state index contributed by atoms with van der Waals surface area (Å²) >= 11 is 0. The van der Waals surface area contributed by atoms with Crippen molar-refractivity contribution in [3.8, 4) is 0 Å². The van der Waals surface area contributed by atoms with Crippen molar-refractivity contribution < 1.29 is 0 Å². The molecule has 1 heteroatoms. The Morgan fingerprint density at radius 3 is 2.50 bits per heavy atom. The van der Waals surface area contributed by atoms with Crippen molar-refractivity contribution in [2.24, 2.45) is 5.92 Å². The number of hydrogen-bond donors (Lipinski definition) is 0. The van der Waals surface area contributed by atoms with Crippen LogP contribution in [0.5, 0.6) is 0 Å². The summed E-state index contributed by atoms with van der Waals surface area (Å²) in [6, 6.07) is 9.13. The predicted molar refractivity (Wildman–Crippen MR) is 63.2 cm³/mol. The second-order valence-electron chi connectivity index (χ2n) is 4.69. The van der Waals surface area contributed by atoms with Gasteiger partial charge in [-0.1, -0.05) is 43.2 Å². The molecule has 2 fully saturated rings. The molecule has 0 N–H and O–H groups in total. The fourth-order valence-electron chi connectivity index (χ4n) is 2.38. The van der Waals surface area contributed by atoms with Crippen LogP contribution in [0.25, 0.3) is 0 Å². The maximum Gasteiger partial charge on any atom is -0.0149 e. The molecule has 3 aliphatic rings. The minimum atomic E-state index is 0.550. The third kappa shape index (κ3) is 0.912. The molecule has 0 radical (unpaired) electrons. The van der Waals surface area contributed by atoms with Gasteiger partial charge in [0, 0.05) is 0 Å². The van der Waals surface area contributed by atoms with Gasteiger partial charge < -0.3 is 10.1 Å². The monoisotopic (exact) mass is 201 g/mol. The lowest BCUT2D eigenvalue weighted by Crippen LogP contribution is -1.89. The van der Waals surface area contributed by atoms with E-state index in [0.717, 1.165) is 11.8 Å². The third-order valence-electron chi connectivity index (χ3n) is 3.61. The molecule has 0 nitrogen and oxygen atoms in total. The van der Waals surface area contributed by atoms with Gasteiger partial charge in [-0.15, -0.1) is 4.90 Å². The zero-order valence-corrected chi connectivity index (χ0v) is 9.10. The lowest BCUT2D eigenvalue weighted by molar-refractivity contribution is 0.900. The van der Waals surface area contributed by atoms with Gasteiger partial charge in [0.2, 0.25) is 0 Å². The second kappa shape index (κ2) is 2.27. The average molecular weight is 201 g/mol. The van der Waals surface area contributed by atoms with Crippen LogP contribution in [0.15, 0.2) is 29.2 Å². The molecule has 72 valence electrons. The normalized spacial score (nSPS) is 32.9. The largest absolute Gasteiger partial charge is 0.440 e. The van der Waals surface area contributed by atoms with E-state index in [1.807, 2.05) is 0 Å². The van der Waals surface area contributed by atoms with Gasteiger partial charge in [-0.25, -0.2) is 0 Å². The van der Waals surface area contributed by atoms with Gasteiger partial charge in [-0.05, 0) is 18.3 Å². The van der Waals surface area contributed by atoms with Crippen LogP contribution in [0.1, 0.15) is 31.2 Å². The molecule has 0 bridgehead atoms. The second-order valence-corrected chi connectivity index (χ2v) is 6.72. The van der Waals surface area contributed by atoms with E-state index < -0.39 is 0 Å². The van der Waals surface area contributed by atoms with Crippen molar-refractivity contribution in [1.29, 1.82) is 0 Å². The minimum Gasteiger partial charge on any atom is -0.440 e. The Morgan fingerprint density at radius 1 is 1.21 bits per heavy atom. The molecule has 0 amide bonds. The smallest absolute Gasteiger partial charge is 0.0149 e. The molecule has 4 rings (SSSR count). The summed E-state index contributed by atoms with van der Waals surface area (Å²) in [5.41, 5.74) is 1.66. The van der Waals surface area contributed by atoms with E-state index in [2.05, 4.69) is 31.2 Å². The molecule has 14 heavy (non-hydrogen) atoms. The molecule has 0 aromatic heterocycles. The van der Waals surface area contributed by atoms with Crippen LogP contribution in [0, 0.1) is 5.92 Å². The summed E-state index contributed by atoms with van der Waals surface area (Å²) < 4.78 is 0. The van der Waals surface area contributed by atoms with Crippen molar-refractivity contribution in [3.05, 3.63) is 29.8 Å². The highest BCUT2D eigenvalue weighted by Gasteiger charge is 2.35. The van der Waals surface area contributed by atoms with Crippen molar-refractivity contribution in [3.63, 3.8) is 0 Å². The summed E-state index contributed by atoms with van der Waals surface area (Å²) in [6.07, 6.45) is 2.79. The lowest BCUT2D eigenvalue weighted by Gasteiger charge is -2.13. The minimum absolute atomic E-state index is 0.550. The van der Waals surface area contributed by atoms with Crippen LogP contribution in [0.3, 0.4) is 0 Å². The standard InChI is InChI=1S/C13H13S/c1-8-6-10(8)9-4-2-3-5-11(9)14-12-7-13(12)14/h2-5,8,10H,6-7H2,1H3/q-1. The molecular formula is C13H13S-. The van der Waals surface area contributed by atoms with Crippen LogP contribution in [0.2, 0.25) is 0 Å². The van der Waals surface area contributed by atoms with E-state index in [9.17, 15) is 0 Å². The number of rotatable bonds is 2. The van der Waals surface area contributed by atoms with Gasteiger partial charge in [-0.2, -0.15) is 9.73 Å². The molecule has 2 atom stereocenters. The number of hydrogen-bond acceptors (Lipinski definition) is 1. The summed E-state index contributed by atoms with van der Waals surface area (Å²) in [4.78, 5) is 5.23. The van der Waals surface area contributed by atoms with E-state index in [0.29, 0.717) is 10.1 Å². The lowest BCUT2D eigenvalue weighted by atomic mass is 10.1. The zero-order chi connectivity index (χ0) is 9.28. The quantitative estimate of drug-likeness (QED) is 0.509. The van der Waals surface area contributed by atoms with Crippen LogP contribution in [0.4, 0.5) is 0 Å². The maximum absolute atomic E-state index is 2.37.